The van der Waals surface area contributed by atoms with Gasteiger partial charge in [-0.2, -0.15) is 0 Å². The summed E-state index contributed by atoms with van der Waals surface area (Å²) in [7, 11) is 0. The predicted molar refractivity (Wildman–Crippen MR) is 71.9 cm³/mol. The van der Waals surface area contributed by atoms with Crippen LogP contribution in [0.25, 0.3) is 6.08 Å². The zero-order valence-electron chi connectivity index (χ0n) is 11.1. The van der Waals surface area contributed by atoms with E-state index in [2.05, 4.69) is 42.0 Å². The van der Waals surface area contributed by atoms with Crippen LogP contribution in [0.4, 0.5) is 0 Å². The molecule has 0 aromatic heterocycles. The fourth-order valence-electron chi connectivity index (χ4n) is 2.69. The van der Waals surface area contributed by atoms with Crippen LogP contribution < -0.4 is 0 Å². The zero-order valence-corrected chi connectivity index (χ0v) is 12.7. The van der Waals surface area contributed by atoms with E-state index in [1.165, 1.54) is 42.4 Å². The van der Waals surface area contributed by atoms with E-state index < -0.39 is 0 Å². The van der Waals surface area contributed by atoms with Gasteiger partial charge in [-0.15, -0.1) is 0 Å². The molecule has 0 heterocycles. The van der Waals surface area contributed by atoms with Gasteiger partial charge < -0.3 is 0 Å². The van der Waals surface area contributed by atoms with Gasteiger partial charge in [-0.1, -0.05) is 23.8 Å². The molecule has 3 rings (SSSR count). The molecule has 1 radical (unpaired) electrons. The van der Waals surface area contributed by atoms with Crippen molar-refractivity contribution < 1.29 is 19.2 Å². The molecular formula is C16H21Ti. The molecule has 2 aliphatic rings. The number of benzene rings is 1. The van der Waals surface area contributed by atoms with Gasteiger partial charge in [-0.05, 0) is 54.9 Å². The van der Waals surface area contributed by atoms with Crippen molar-refractivity contribution in [3.63, 3.8) is 0 Å². The Labute approximate surface area is 114 Å². The summed E-state index contributed by atoms with van der Waals surface area (Å²) in [6.07, 6.45) is 9.96. The predicted octanol–water partition coefficient (Wildman–Crippen LogP) is 4.70. The first-order valence-corrected chi connectivity index (χ1v) is 9.65. The second-order valence-corrected chi connectivity index (χ2v) is 6.51. The Morgan fingerprint density at radius 3 is 2.53 bits per heavy atom. The molecule has 2 aliphatic carbocycles. The van der Waals surface area contributed by atoms with E-state index in [4.69, 9.17) is 0 Å². The van der Waals surface area contributed by atoms with Crippen LogP contribution in [0.5, 0.6) is 0 Å². The van der Waals surface area contributed by atoms with E-state index in [-0.39, 0.29) is 0 Å². The maximum atomic E-state index is 2.35. The minimum absolute atomic E-state index is 0.500. The van der Waals surface area contributed by atoms with Crippen molar-refractivity contribution in [1.29, 1.82) is 0 Å². The number of fused-ring (bicyclic) bond motifs is 3. The third kappa shape index (κ3) is 2.92. The second-order valence-electron chi connectivity index (χ2n) is 4.95. The first kappa shape index (κ1) is 13.1. The molecule has 0 saturated carbocycles. The maximum absolute atomic E-state index is 2.35. The van der Waals surface area contributed by atoms with Gasteiger partial charge in [0.2, 0.25) is 0 Å². The van der Waals surface area contributed by atoms with Crippen molar-refractivity contribution in [3.05, 3.63) is 46.4 Å². The zero-order chi connectivity index (χ0) is 12.3. The molecule has 0 saturated heterocycles. The van der Waals surface area contributed by atoms with Crippen molar-refractivity contribution in [2.24, 2.45) is 0 Å². The molecule has 0 fully saturated rings. The molecule has 0 nitrogen and oxygen atoms in total. The molecule has 0 atom stereocenters. The van der Waals surface area contributed by atoms with Crippen LogP contribution in [-0.4, -0.2) is 0 Å². The number of allylic oxidation sites excluding steroid dienone is 1. The third-order valence-electron chi connectivity index (χ3n) is 3.37. The number of aryl methyl sites for hydroxylation is 1. The fraction of sp³-hybridized carbons (Fsp3) is 0.438. The molecule has 0 N–H and O–H groups in total. The van der Waals surface area contributed by atoms with E-state index in [0.717, 1.165) is 0 Å². The van der Waals surface area contributed by atoms with E-state index in [9.17, 15) is 0 Å². The Hall–Kier alpha value is -0.326. The van der Waals surface area contributed by atoms with Crippen molar-refractivity contribution in [2.75, 3.05) is 0 Å². The Morgan fingerprint density at radius 1 is 1.06 bits per heavy atom. The molecule has 1 aromatic carbocycles. The van der Waals surface area contributed by atoms with Gasteiger partial charge in [0, 0.05) is 6.42 Å². The number of rotatable bonds is 0. The van der Waals surface area contributed by atoms with Crippen molar-refractivity contribution in [1.82, 2.24) is 0 Å². The van der Waals surface area contributed by atoms with E-state index in [1.807, 2.05) is 0 Å². The van der Waals surface area contributed by atoms with E-state index >= 15 is 0 Å². The van der Waals surface area contributed by atoms with Crippen LogP contribution in [0.1, 0.15) is 42.0 Å². The molecule has 0 unspecified atom stereocenters. The first-order valence-electron chi connectivity index (χ1n) is 6.52. The van der Waals surface area contributed by atoms with Gasteiger partial charge in [-0.3, -0.25) is 0 Å². The van der Waals surface area contributed by atoms with Crippen LogP contribution in [-0.2, 0) is 32.0 Å². The van der Waals surface area contributed by atoms with Crippen LogP contribution in [0, 0.1) is 6.42 Å². The second kappa shape index (κ2) is 6.02. The molecule has 0 aliphatic heterocycles. The standard InChI is InChI=1S/C14H15.2CH3.Ti/c1-10-8-12-7-6-11-4-2-3-5-13(11)14(12)9-10;;;/h6-9H,2-5H2,1H3;2*1H3;. The van der Waals surface area contributed by atoms with E-state index in [1.54, 1.807) is 11.1 Å². The van der Waals surface area contributed by atoms with E-state index in [0.29, 0.717) is 19.2 Å². The quantitative estimate of drug-likeness (QED) is 0.594. The van der Waals surface area contributed by atoms with Gasteiger partial charge in [0.05, 0.1) is 0 Å². The summed E-state index contributed by atoms with van der Waals surface area (Å²) in [6.45, 7) is 2.19. The summed E-state index contributed by atoms with van der Waals surface area (Å²) in [5, 5.41) is 4.50. The molecular weight excluding hydrogens is 240 g/mol. The molecule has 1 aromatic rings. The van der Waals surface area contributed by atoms with Crippen LogP contribution in [0.3, 0.4) is 0 Å². The normalized spacial score (nSPS) is 16.3. The molecule has 17 heavy (non-hydrogen) atoms. The van der Waals surface area contributed by atoms with Gasteiger partial charge in [0.25, 0.3) is 0 Å². The molecule has 0 amide bonds. The summed E-state index contributed by atoms with van der Waals surface area (Å²) in [5.74, 6) is 0. The minimum atomic E-state index is 0.500. The summed E-state index contributed by atoms with van der Waals surface area (Å²) in [4.78, 5) is 0. The monoisotopic (exact) mass is 261 g/mol. The SMILES string of the molecule is CC1=Cc2c(ccc3c2CCCC3)[CH]1.[CH3][Ti][CH3]. The number of hydrogen-bond acceptors (Lipinski definition) is 0. The van der Waals surface area contributed by atoms with Gasteiger partial charge in [0.15, 0.2) is 0 Å². The van der Waals surface area contributed by atoms with Crippen molar-refractivity contribution in [3.8, 4) is 0 Å². The van der Waals surface area contributed by atoms with Gasteiger partial charge in [0.1, 0.15) is 0 Å². The van der Waals surface area contributed by atoms with Crippen LogP contribution in [0.15, 0.2) is 17.7 Å². The molecule has 89 valence electrons. The van der Waals surface area contributed by atoms with Gasteiger partial charge >= 0.3 is 29.6 Å². The Balaban J connectivity index is 0.000000329. The molecule has 0 spiro atoms. The number of hydrogen-bond donors (Lipinski definition) is 0. The van der Waals surface area contributed by atoms with Crippen LogP contribution >= 0.6 is 0 Å². The van der Waals surface area contributed by atoms with Gasteiger partial charge in [-0.25, -0.2) is 0 Å². The Morgan fingerprint density at radius 2 is 1.76 bits per heavy atom. The van der Waals surface area contributed by atoms with Crippen molar-refractivity contribution in [2.45, 2.75) is 43.1 Å². The average molecular weight is 261 g/mol. The topological polar surface area (TPSA) is 0 Å². The molecule has 0 bridgehead atoms. The summed E-state index contributed by atoms with van der Waals surface area (Å²) in [5.41, 5.74) is 7.57. The Kier molecular flexibility index (Phi) is 4.65. The van der Waals surface area contributed by atoms with Crippen LogP contribution in [0.2, 0.25) is 10.5 Å². The third-order valence-corrected chi connectivity index (χ3v) is 3.37. The summed E-state index contributed by atoms with van der Waals surface area (Å²) >= 11 is 0.500. The summed E-state index contributed by atoms with van der Waals surface area (Å²) < 4.78 is 0. The fourth-order valence-corrected chi connectivity index (χ4v) is 2.69. The molecule has 1 heteroatoms. The average Bonchev–Trinajstić information content (AvgIpc) is 2.71. The summed E-state index contributed by atoms with van der Waals surface area (Å²) in [6, 6.07) is 4.61. The Bertz CT molecular complexity index is 429. The van der Waals surface area contributed by atoms with Crippen molar-refractivity contribution >= 4 is 6.08 Å². The first-order chi connectivity index (χ1) is 8.26.